The van der Waals surface area contributed by atoms with Crippen LogP contribution in [-0.4, -0.2) is 29.8 Å². The maximum absolute atomic E-state index is 11.0. The summed E-state index contributed by atoms with van der Waals surface area (Å²) in [5, 5.41) is 0. The largest absolute Gasteiger partial charge is 0.298 e. The third-order valence-corrected chi connectivity index (χ3v) is 2.38. The Bertz CT molecular complexity index is 144. The van der Waals surface area contributed by atoms with Crippen LogP contribution in [0.1, 0.15) is 19.3 Å². The normalized spacial score (nSPS) is 35.6. The summed E-state index contributed by atoms with van der Waals surface area (Å²) in [5.74, 6) is 0.479. The summed E-state index contributed by atoms with van der Waals surface area (Å²) in [6.07, 6.45) is 3.17. The van der Waals surface area contributed by atoms with Gasteiger partial charge in [-0.05, 0) is 19.4 Å². The van der Waals surface area contributed by atoms with Gasteiger partial charge in [-0.2, -0.15) is 0 Å². The number of hydrogen-bond acceptors (Lipinski definition) is 2. The molecule has 0 radical (unpaired) electrons. The van der Waals surface area contributed by atoms with Crippen LogP contribution in [0.25, 0.3) is 0 Å². The molecule has 0 aromatic carbocycles. The van der Waals surface area contributed by atoms with E-state index < -0.39 is 0 Å². The standard InChI is InChI=1S/C7H11NO/c9-7-3-5-8-4-1-2-6(7)8/h6H,1-5H2/t6-/m1/s1. The molecule has 2 fully saturated rings. The first-order chi connectivity index (χ1) is 4.38. The minimum Gasteiger partial charge on any atom is -0.298 e. The van der Waals surface area contributed by atoms with Crippen LogP contribution in [0, 0.1) is 0 Å². The Morgan fingerprint density at radius 3 is 3.11 bits per heavy atom. The van der Waals surface area contributed by atoms with Crippen LogP contribution in [0.15, 0.2) is 0 Å². The quantitative estimate of drug-likeness (QED) is 0.467. The molecule has 0 unspecified atom stereocenters. The third kappa shape index (κ3) is 0.697. The van der Waals surface area contributed by atoms with Crippen molar-refractivity contribution in [2.24, 2.45) is 0 Å². The SMILES string of the molecule is O=C1CCN2CCC[C@H]12. The first-order valence-corrected chi connectivity index (χ1v) is 3.65. The zero-order valence-electron chi connectivity index (χ0n) is 5.47. The zero-order valence-corrected chi connectivity index (χ0v) is 5.47. The van der Waals surface area contributed by atoms with Crippen LogP contribution < -0.4 is 0 Å². The number of carbonyl (C=O) groups is 1. The van der Waals surface area contributed by atoms with Crippen molar-refractivity contribution in [3.05, 3.63) is 0 Å². The van der Waals surface area contributed by atoms with E-state index in [1.165, 1.54) is 6.42 Å². The van der Waals surface area contributed by atoms with E-state index in [1.807, 2.05) is 0 Å². The predicted molar refractivity (Wildman–Crippen MR) is 34.2 cm³/mol. The molecule has 0 amide bonds. The smallest absolute Gasteiger partial charge is 0.151 e. The van der Waals surface area contributed by atoms with E-state index in [2.05, 4.69) is 4.90 Å². The number of ketones is 1. The Balaban J connectivity index is 2.15. The molecule has 0 aromatic heterocycles. The highest BCUT2D eigenvalue weighted by molar-refractivity contribution is 5.86. The maximum Gasteiger partial charge on any atom is 0.151 e. The minimum absolute atomic E-state index is 0.338. The highest BCUT2D eigenvalue weighted by Crippen LogP contribution is 2.24. The van der Waals surface area contributed by atoms with Gasteiger partial charge in [0.05, 0.1) is 6.04 Å². The molecule has 2 heterocycles. The molecule has 2 nitrogen and oxygen atoms in total. The highest BCUT2D eigenvalue weighted by atomic mass is 16.1. The zero-order chi connectivity index (χ0) is 6.27. The molecule has 2 saturated heterocycles. The van der Waals surface area contributed by atoms with Gasteiger partial charge in [0.2, 0.25) is 0 Å². The van der Waals surface area contributed by atoms with Crippen LogP contribution in [-0.2, 0) is 4.79 Å². The molecule has 0 N–H and O–H groups in total. The average molecular weight is 125 g/mol. The monoisotopic (exact) mass is 125 g/mol. The van der Waals surface area contributed by atoms with Gasteiger partial charge < -0.3 is 0 Å². The van der Waals surface area contributed by atoms with E-state index in [0.29, 0.717) is 11.8 Å². The fourth-order valence-corrected chi connectivity index (χ4v) is 1.88. The molecule has 2 rings (SSSR count). The Morgan fingerprint density at radius 1 is 1.44 bits per heavy atom. The fraction of sp³-hybridized carbons (Fsp3) is 0.857. The van der Waals surface area contributed by atoms with Crippen molar-refractivity contribution in [2.75, 3.05) is 13.1 Å². The van der Waals surface area contributed by atoms with Gasteiger partial charge in [-0.25, -0.2) is 0 Å². The van der Waals surface area contributed by atoms with E-state index in [0.717, 1.165) is 25.9 Å². The number of nitrogens with zero attached hydrogens (tertiary/aromatic N) is 1. The summed E-state index contributed by atoms with van der Waals surface area (Å²) in [7, 11) is 0. The molecule has 0 saturated carbocycles. The first kappa shape index (κ1) is 5.42. The average Bonchev–Trinajstić information content (AvgIpc) is 2.35. The number of carbonyl (C=O) groups excluding carboxylic acids is 1. The van der Waals surface area contributed by atoms with Crippen LogP contribution in [0.2, 0.25) is 0 Å². The van der Waals surface area contributed by atoms with Crippen LogP contribution in [0.3, 0.4) is 0 Å². The number of rotatable bonds is 0. The summed E-state index contributed by atoms with van der Waals surface area (Å²) in [4.78, 5) is 13.3. The molecule has 0 aliphatic carbocycles. The van der Waals surface area contributed by atoms with Crippen molar-refractivity contribution >= 4 is 5.78 Å². The van der Waals surface area contributed by atoms with Crippen molar-refractivity contribution in [1.29, 1.82) is 0 Å². The molecule has 2 aliphatic rings. The maximum atomic E-state index is 11.0. The summed E-state index contributed by atoms with van der Waals surface area (Å²) in [5.41, 5.74) is 0. The van der Waals surface area contributed by atoms with Gasteiger partial charge in [0, 0.05) is 13.0 Å². The van der Waals surface area contributed by atoms with Crippen molar-refractivity contribution in [2.45, 2.75) is 25.3 Å². The molecule has 0 bridgehead atoms. The van der Waals surface area contributed by atoms with E-state index in [-0.39, 0.29) is 0 Å². The topological polar surface area (TPSA) is 20.3 Å². The Hall–Kier alpha value is -0.370. The summed E-state index contributed by atoms with van der Waals surface area (Å²) in [6, 6.07) is 0.338. The van der Waals surface area contributed by atoms with E-state index in [1.54, 1.807) is 0 Å². The molecule has 0 spiro atoms. The van der Waals surface area contributed by atoms with Crippen molar-refractivity contribution < 1.29 is 4.79 Å². The second-order valence-electron chi connectivity index (χ2n) is 2.91. The first-order valence-electron chi connectivity index (χ1n) is 3.65. The van der Waals surface area contributed by atoms with Gasteiger partial charge in [-0.1, -0.05) is 0 Å². The summed E-state index contributed by atoms with van der Waals surface area (Å²) in [6.45, 7) is 2.19. The van der Waals surface area contributed by atoms with E-state index in [4.69, 9.17) is 0 Å². The Kier molecular flexibility index (Phi) is 1.09. The third-order valence-electron chi connectivity index (χ3n) is 2.38. The minimum atomic E-state index is 0.338. The van der Waals surface area contributed by atoms with Crippen molar-refractivity contribution in [1.82, 2.24) is 4.90 Å². The van der Waals surface area contributed by atoms with Gasteiger partial charge in [-0.15, -0.1) is 0 Å². The number of Topliss-reactive ketones (excluding diaryl/α,β-unsaturated/α-hetero) is 1. The summed E-state index contributed by atoms with van der Waals surface area (Å²) < 4.78 is 0. The number of fused-ring (bicyclic) bond motifs is 1. The second-order valence-corrected chi connectivity index (χ2v) is 2.91. The Morgan fingerprint density at radius 2 is 2.33 bits per heavy atom. The highest BCUT2D eigenvalue weighted by Gasteiger charge is 2.35. The van der Waals surface area contributed by atoms with Crippen LogP contribution >= 0.6 is 0 Å². The molecule has 0 aromatic rings. The van der Waals surface area contributed by atoms with Gasteiger partial charge in [-0.3, -0.25) is 9.69 Å². The molecule has 9 heavy (non-hydrogen) atoms. The number of hydrogen-bond donors (Lipinski definition) is 0. The lowest BCUT2D eigenvalue weighted by Gasteiger charge is -2.10. The van der Waals surface area contributed by atoms with Crippen LogP contribution in [0.4, 0.5) is 0 Å². The van der Waals surface area contributed by atoms with Gasteiger partial charge in [0.25, 0.3) is 0 Å². The molecule has 50 valence electrons. The molecular weight excluding hydrogens is 114 g/mol. The van der Waals surface area contributed by atoms with Gasteiger partial charge >= 0.3 is 0 Å². The van der Waals surface area contributed by atoms with E-state index in [9.17, 15) is 4.79 Å². The lowest BCUT2D eigenvalue weighted by atomic mass is 10.1. The molecule has 2 heteroatoms. The fourth-order valence-electron chi connectivity index (χ4n) is 1.88. The van der Waals surface area contributed by atoms with Crippen molar-refractivity contribution in [3.8, 4) is 0 Å². The lowest BCUT2D eigenvalue weighted by Crippen LogP contribution is -2.25. The molecule has 2 aliphatic heterocycles. The Labute approximate surface area is 54.8 Å². The second kappa shape index (κ2) is 1.81. The molecular formula is C7H11NO. The van der Waals surface area contributed by atoms with Gasteiger partial charge in [0.15, 0.2) is 5.78 Å². The van der Waals surface area contributed by atoms with Crippen LogP contribution in [0.5, 0.6) is 0 Å². The van der Waals surface area contributed by atoms with Crippen molar-refractivity contribution in [3.63, 3.8) is 0 Å². The molecule has 1 atom stereocenters. The summed E-state index contributed by atoms with van der Waals surface area (Å²) >= 11 is 0. The lowest BCUT2D eigenvalue weighted by molar-refractivity contribution is -0.119. The van der Waals surface area contributed by atoms with Gasteiger partial charge in [0.1, 0.15) is 0 Å². The predicted octanol–water partition coefficient (Wildman–Crippen LogP) is 0.424. The van der Waals surface area contributed by atoms with E-state index >= 15 is 0 Å².